The zero-order valence-corrected chi connectivity index (χ0v) is 12.3. The van der Waals surface area contributed by atoms with Crippen LogP contribution in [-0.2, 0) is 4.79 Å². The summed E-state index contributed by atoms with van der Waals surface area (Å²) in [5.74, 6) is 0.754. The zero-order valence-electron chi connectivity index (χ0n) is 12.3. The highest BCUT2D eigenvalue weighted by molar-refractivity contribution is 5.82. The molecule has 0 saturated carbocycles. The molecule has 1 fully saturated rings. The highest BCUT2D eigenvalue weighted by Gasteiger charge is 2.23. The van der Waals surface area contributed by atoms with E-state index in [2.05, 4.69) is 0 Å². The molecule has 1 aliphatic heterocycles. The van der Waals surface area contributed by atoms with Crippen LogP contribution in [0.2, 0.25) is 0 Å². The maximum Gasteiger partial charge on any atom is 0.241 e. The monoisotopic (exact) mass is 278 g/mol. The third kappa shape index (κ3) is 2.88. The minimum atomic E-state index is -0.641. The van der Waals surface area contributed by atoms with Gasteiger partial charge in [-0.15, -0.1) is 0 Å². The molecule has 0 radical (unpaired) electrons. The number of nitrogens with zero attached hydrogens (tertiary/aromatic N) is 2. The quantitative estimate of drug-likeness (QED) is 0.908. The van der Waals surface area contributed by atoms with Crippen molar-refractivity contribution >= 4 is 11.6 Å². The van der Waals surface area contributed by atoms with Crippen molar-refractivity contribution < 1.29 is 14.6 Å². The van der Waals surface area contributed by atoms with Gasteiger partial charge in [-0.3, -0.25) is 4.79 Å². The first-order valence-electron chi connectivity index (χ1n) is 6.88. The molecular weight excluding hydrogens is 256 g/mol. The number of benzene rings is 1. The predicted octanol–water partition coefficient (Wildman–Crippen LogP) is 1.42. The number of carbonyl (C=O) groups is 1. The third-order valence-corrected chi connectivity index (χ3v) is 3.69. The van der Waals surface area contributed by atoms with Crippen LogP contribution in [0.4, 0.5) is 5.69 Å². The van der Waals surface area contributed by atoms with Crippen LogP contribution in [0.3, 0.4) is 0 Å². The Labute approximate surface area is 119 Å². The number of aliphatic hydroxyl groups is 1. The van der Waals surface area contributed by atoms with Crippen LogP contribution in [0.5, 0.6) is 5.75 Å². The molecular formula is C15H22N2O3. The van der Waals surface area contributed by atoms with Gasteiger partial charge >= 0.3 is 0 Å². The van der Waals surface area contributed by atoms with Gasteiger partial charge in [0, 0.05) is 31.4 Å². The molecule has 1 atom stereocenters. The first-order chi connectivity index (χ1) is 9.54. The maximum atomic E-state index is 12.0. The highest BCUT2D eigenvalue weighted by atomic mass is 16.5. The van der Waals surface area contributed by atoms with Crippen LogP contribution < -0.4 is 9.64 Å². The molecule has 0 aromatic heterocycles. The van der Waals surface area contributed by atoms with Crippen LogP contribution in [0, 0.1) is 0 Å². The second-order valence-corrected chi connectivity index (χ2v) is 5.16. The van der Waals surface area contributed by atoms with E-state index in [9.17, 15) is 9.90 Å². The van der Waals surface area contributed by atoms with Gasteiger partial charge in [0.05, 0.1) is 19.8 Å². The van der Waals surface area contributed by atoms with Crippen molar-refractivity contribution in [3.05, 3.63) is 23.8 Å². The van der Waals surface area contributed by atoms with Gasteiger partial charge < -0.3 is 19.6 Å². The predicted molar refractivity (Wildman–Crippen MR) is 78.1 cm³/mol. The Morgan fingerprint density at radius 3 is 2.75 bits per heavy atom. The summed E-state index contributed by atoms with van der Waals surface area (Å²) in [6.07, 6.45) is 0.274. The van der Waals surface area contributed by atoms with Gasteiger partial charge in [0.1, 0.15) is 5.75 Å². The Morgan fingerprint density at radius 2 is 2.10 bits per heavy atom. The van der Waals surface area contributed by atoms with E-state index in [1.165, 1.54) is 0 Å². The number of amides is 1. The molecule has 2 rings (SSSR count). The molecule has 1 aromatic rings. The van der Waals surface area contributed by atoms with Crippen LogP contribution in [0.15, 0.2) is 18.2 Å². The van der Waals surface area contributed by atoms with Crippen LogP contribution in [0.1, 0.15) is 25.0 Å². The molecule has 1 aliphatic rings. The lowest BCUT2D eigenvalue weighted by molar-refractivity contribution is -0.127. The Balaban J connectivity index is 2.38. The lowest BCUT2D eigenvalue weighted by atomic mass is 10.1. The van der Waals surface area contributed by atoms with Crippen molar-refractivity contribution in [2.24, 2.45) is 0 Å². The summed E-state index contributed by atoms with van der Waals surface area (Å²) in [5.41, 5.74) is 1.62. The van der Waals surface area contributed by atoms with Gasteiger partial charge in [-0.1, -0.05) is 6.07 Å². The second-order valence-electron chi connectivity index (χ2n) is 5.16. The average Bonchev–Trinajstić information content (AvgIpc) is 2.60. The lowest BCUT2D eigenvalue weighted by Crippen LogP contribution is -2.34. The molecule has 1 amide bonds. The van der Waals surface area contributed by atoms with Crippen LogP contribution in [-0.4, -0.2) is 49.7 Å². The number of aliphatic hydroxyl groups excluding tert-OH is 1. The third-order valence-electron chi connectivity index (χ3n) is 3.69. The topological polar surface area (TPSA) is 53.0 Å². The van der Waals surface area contributed by atoms with Gasteiger partial charge in [-0.2, -0.15) is 0 Å². The number of hydrogen-bond acceptors (Lipinski definition) is 4. The Hall–Kier alpha value is -1.75. The summed E-state index contributed by atoms with van der Waals surface area (Å²) >= 11 is 0. The molecule has 0 unspecified atom stereocenters. The smallest absolute Gasteiger partial charge is 0.241 e. The summed E-state index contributed by atoms with van der Waals surface area (Å²) in [6.45, 7) is 3.61. The maximum absolute atomic E-state index is 12.0. The second kappa shape index (κ2) is 6.13. The van der Waals surface area contributed by atoms with E-state index in [0.29, 0.717) is 12.3 Å². The molecule has 1 aromatic carbocycles. The molecule has 0 spiro atoms. The van der Waals surface area contributed by atoms with E-state index < -0.39 is 6.10 Å². The van der Waals surface area contributed by atoms with E-state index in [4.69, 9.17) is 4.74 Å². The van der Waals surface area contributed by atoms with Crippen molar-refractivity contribution in [3.8, 4) is 5.75 Å². The van der Waals surface area contributed by atoms with Crippen molar-refractivity contribution in [2.75, 3.05) is 38.7 Å². The fourth-order valence-corrected chi connectivity index (χ4v) is 2.60. The number of methoxy groups -OCH3 is 1. The lowest BCUT2D eigenvalue weighted by Gasteiger charge is -2.26. The average molecular weight is 278 g/mol. The van der Waals surface area contributed by atoms with Gasteiger partial charge in [-0.25, -0.2) is 0 Å². The SMILES string of the molecule is COc1cccc(N2CCCN(C)C(=O)C2)c1[C@H](C)O. The van der Waals surface area contributed by atoms with Crippen LogP contribution >= 0.6 is 0 Å². The molecule has 1 heterocycles. The minimum absolute atomic E-state index is 0.0989. The first-order valence-corrected chi connectivity index (χ1v) is 6.88. The van der Waals surface area contributed by atoms with Crippen molar-refractivity contribution in [1.29, 1.82) is 0 Å². The normalized spacial score (nSPS) is 17.9. The van der Waals surface area contributed by atoms with Crippen molar-refractivity contribution in [3.63, 3.8) is 0 Å². The molecule has 0 bridgehead atoms. The number of carbonyl (C=O) groups excluding carboxylic acids is 1. The molecule has 20 heavy (non-hydrogen) atoms. The number of hydrogen-bond donors (Lipinski definition) is 1. The van der Waals surface area contributed by atoms with Crippen LogP contribution in [0.25, 0.3) is 0 Å². The fraction of sp³-hybridized carbons (Fsp3) is 0.533. The Morgan fingerprint density at radius 1 is 1.35 bits per heavy atom. The van der Waals surface area contributed by atoms with Gasteiger partial charge in [0.2, 0.25) is 5.91 Å². The summed E-state index contributed by atoms with van der Waals surface area (Å²) in [6, 6.07) is 5.65. The first kappa shape index (κ1) is 14.7. The number of likely N-dealkylation sites (N-methyl/N-ethyl adjacent to an activating group) is 1. The summed E-state index contributed by atoms with van der Waals surface area (Å²) in [4.78, 5) is 15.8. The molecule has 1 saturated heterocycles. The summed E-state index contributed by atoms with van der Waals surface area (Å²) in [5, 5.41) is 10.0. The van der Waals surface area contributed by atoms with Gasteiger partial charge in [0.25, 0.3) is 0 Å². The van der Waals surface area contributed by atoms with E-state index in [-0.39, 0.29) is 5.91 Å². The van der Waals surface area contributed by atoms with Crippen molar-refractivity contribution in [1.82, 2.24) is 4.90 Å². The molecule has 5 heteroatoms. The van der Waals surface area contributed by atoms with E-state index in [0.717, 1.165) is 30.8 Å². The minimum Gasteiger partial charge on any atom is -0.496 e. The summed E-state index contributed by atoms with van der Waals surface area (Å²) < 4.78 is 5.34. The zero-order chi connectivity index (χ0) is 14.7. The Bertz CT molecular complexity index is 488. The van der Waals surface area contributed by atoms with Crippen molar-refractivity contribution in [2.45, 2.75) is 19.4 Å². The van der Waals surface area contributed by atoms with Gasteiger partial charge in [-0.05, 0) is 25.5 Å². The van der Waals surface area contributed by atoms with E-state index in [1.807, 2.05) is 30.1 Å². The molecule has 110 valence electrons. The Kier molecular flexibility index (Phi) is 4.49. The van der Waals surface area contributed by atoms with E-state index >= 15 is 0 Å². The highest BCUT2D eigenvalue weighted by Crippen LogP contribution is 2.35. The van der Waals surface area contributed by atoms with Gasteiger partial charge in [0.15, 0.2) is 0 Å². The molecule has 0 aliphatic carbocycles. The molecule has 5 nitrogen and oxygen atoms in total. The number of anilines is 1. The van der Waals surface area contributed by atoms with E-state index in [1.54, 1.807) is 18.9 Å². The summed E-state index contributed by atoms with van der Waals surface area (Å²) in [7, 11) is 3.42. The number of ether oxygens (including phenoxy) is 1. The molecule has 1 N–H and O–H groups in total. The largest absolute Gasteiger partial charge is 0.496 e. The fourth-order valence-electron chi connectivity index (χ4n) is 2.60. The standard InChI is InChI=1S/C15H22N2O3/c1-11(18)15-12(6-4-7-13(15)20-3)17-9-5-8-16(2)14(19)10-17/h4,6-7,11,18H,5,8-10H2,1-3H3/t11-/m0/s1. The number of rotatable bonds is 3.